The quantitative estimate of drug-likeness (QED) is 0.344. The van der Waals surface area contributed by atoms with Gasteiger partial charge in [-0.3, -0.25) is 0 Å². The van der Waals surface area contributed by atoms with Crippen molar-refractivity contribution < 1.29 is 325 Å². The van der Waals surface area contributed by atoms with Crippen molar-refractivity contribution in [1.29, 1.82) is 0 Å². The molecule has 0 unspecified atom stereocenters. The summed E-state index contributed by atoms with van der Waals surface area (Å²) >= 11 is 0. The van der Waals surface area contributed by atoms with Crippen molar-refractivity contribution >= 4 is 54.0 Å². The molecular weight excluding hydrogens is 418 g/mol. The van der Waals surface area contributed by atoms with Gasteiger partial charge in [-0.2, -0.15) is 0 Å². The first kappa shape index (κ1) is 78.0. The summed E-state index contributed by atoms with van der Waals surface area (Å²) in [5, 5.41) is 0. The smallest absolute Gasteiger partial charge is 2.00 e. The van der Waals surface area contributed by atoms with E-state index in [0.717, 1.165) is 0 Å². The van der Waals surface area contributed by atoms with Gasteiger partial charge in [0.05, 0.1) is 0 Å². The zero-order valence-corrected chi connectivity index (χ0v) is 31.2. The van der Waals surface area contributed by atoms with E-state index in [9.17, 15) is 0 Å². The Bertz CT molecular complexity index is 14.5. The van der Waals surface area contributed by atoms with Crippen LogP contribution >= 0.6 is 0 Å². The van der Waals surface area contributed by atoms with Gasteiger partial charge in [0, 0.05) is 0 Å². The fourth-order valence-electron chi connectivity index (χ4n) is 0. The summed E-state index contributed by atoms with van der Waals surface area (Å²) in [7, 11) is 0. The van der Waals surface area contributed by atoms with Crippen LogP contribution in [0.15, 0.2) is 0 Å². The fraction of sp³-hybridized carbons (Fsp3) is 0. The monoisotopic (exact) mass is 417 g/mol. The van der Waals surface area contributed by atoms with E-state index in [-0.39, 0.29) is 379 Å². The zero-order chi connectivity index (χ0) is 0. The first-order chi connectivity index (χ1) is 0. The van der Waals surface area contributed by atoms with E-state index in [1.165, 1.54) is 0 Å². The van der Waals surface area contributed by atoms with Crippen molar-refractivity contribution in [3.05, 3.63) is 0 Å². The van der Waals surface area contributed by atoms with Gasteiger partial charge in [0.25, 0.3) is 0 Å². The molecule has 0 N–H and O–H groups in total. The molecule has 0 rings (SSSR count). The molecule has 0 aliphatic rings. The second-order valence-electron chi connectivity index (χ2n) is 0. The van der Waals surface area contributed by atoms with Gasteiger partial charge in [-0.05, 0) is 0 Å². The maximum Gasteiger partial charge on any atom is 2.00 e. The molecule has 0 aromatic heterocycles. The minimum Gasteiger partial charge on any atom is -2.00 e. The first-order valence-electron chi connectivity index (χ1n) is 0. The largest absolute Gasteiger partial charge is 2.00 e. The van der Waals surface area contributed by atoms with E-state index in [1.54, 1.807) is 0 Å². The number of hydrogen-bond donors (Lipinski definition) is 0. The summed E-state index contributed by atoms with van der Waals surface area (Å²) in [6.45, 7) is 0. The van der Waals surface area contributed by atoms with Crippen molar-refractivity contribution in [2.24, 2.45) is 0 Å². The van der Waals surface area contributed by atoms with Gasteiger partial charge in [-0.25, -0.2) is 0 Å². The van der Waals surface area contributed by atoms with Crippen molar-refractivity contribution in [2.75, 3.05) is 0 Å². The Labute approximate surface area is 364 Å². The molecule has 0 saturated heterocycles. The summed E-state index contributed by atoms with van der Waals surface area (Å²) < 4.78 is 0. The first-order valence-corrected chi connectivity index (χ1v) is 0. The predicted octanol–water partition coefficient (Wildman–Crippen LogP) is -18.0. The van der Waals surface area contributed by atoms with Crippen LogP contribution < -0.4 is 308 Å². The maximum absolute atomic E-state index is 0. The minimum atomic E-state index is 0. The van der Waals surface area contributed by atoms with Crippen LogP contribution in [-0.2, 0) is 71.1 Å². The van der Waals surface area contributed by atoms with Crippen LogP contribution in [0.25, 0.3) is 0 Å². The van der Waals surface area contributed by atoms with Crippen LogP contribution in [0.5, 0.6) is 0 Å². The summed E-state index contributed by atoms with van der Waals surface area (Å²) in [4.78, 5) is 0. The Kier molecular flexibility index (Phi) is 481. The molecule has 11 heteroatoms. The summed E-state index contributed by atoms with van der Waals surface area (Å²) in [6.07, 6.45) is 0. The van der Waals surface area contributed by atoms with E-state index in [1.807, 2.05) is 0 Å². The molecule has 0 bridgehead atoms. The fourth-order valence-corrected chi connectivity index (χ4v) is 0. The SMILES string of the molecule is [K+].[K+].[K+].[K+].[K+].[K+].[Mn+2].[S-2].[S-2].[S-2].[S-2]. The Morgan fingerprint density at radius 2 is 0.273 bits per heavy atom. The minimum absolute atomic E-state index is 0. The molecule has 0 amide bonds. The number of hydrogen-bond acceptors (Lipinski definition) is 0. The van der Waals surface area contributed by atoms with E-state index in [2.05, 4.69) is 0 Å². The molecule has 0 spiro atoms. The molecule has 0 aliphatic heterocycles. The Balaban J connectivity index is 0. The van der Waals surface area contributed by atoms with Crippen molar-refractivity contribution in [1.82, 2.24) is 0 Å². The topological polar surface area (TPSA) is 0 Å². The van der Waals surface area contributed by atoms with E-state index >= 15 is 0 Å². The predicted molar refractivity (Wildman–Crippen MR) is 29.5 cm³/mol. The molecule has 0 aromatic rings. The third-order valence-electron chi connectivity index (χ3n) is 0. The van der Waals surface area contributed by atoms with Crippen molar-refractivity contribution in [2.45, 2.75) is 0 Å². The normalized spacial score (nSPS) is 0. The molecule has 11 heavy (non-hydrogen) atoms. The van der Waals surface area contributed by atoms with E-state index < -0.39 is 0 Å². The Hall–Kier alpha value is 11.7. The van der Waals surface area contributed by atoms with Gasteiger partial charge in [-0.1, -0.05) is 0 Å². The van der Waals surface area contributed by atoms with Gasteiger partial charge in [0.15, 0.2) is 0 Å². The van der Waals surface area contributed by atoms with Crippen molar-refractivity contribution in [3.63, 3.8) is 0 Å². The third kappa shape index (κ3) is 61.5. The summed E-state index contributed by atoms with van der Waals surface area (Å²) in [5.74, 6) is 0. The van der Waals surface area contributed by atoms with Crippen LogP contribution in [0.2, 0.25) is 0 Å². The molecule has 1 radical (unpaired) electrons. The summed E-state index contributed by atoms with van der Waals surface area (Å²) in [5.41, 5.74) is 0. The molecule has 0 saturated carbocycles. The van der Waals surface area contributed by atoms with Crippen LogP contribution in [0.4, 0.5) is 0 Å². The van der Waals surface area contributed by atoms with E-state index in [0.29, 0.717) is 0 Å². The Morgan fingerprint density at radius 1 is 0.273 bits per heavy atom. The van der Waals surface area contributed by atoms with Crippen LogP contribution in [0.1, 0.15) is 0 Å². The molecule has 0 aromatic carbocycles. The van der Waals surface area contributed by atoms with Crippen LogP contribution in [-0.4, -0.2) is 0 Å². The van der Waals surface area contributed by atoms with Gasteiger partial charge >= 0.3 is 325 Å². The van der Waals surface area contributed by atoms with Crippen LogP contribution in [0.3, 0.4) is 0 Å². The average Bonchev–Trinajstić information content (AvgIpc) is 0. The third-order valence-corrected chi connectivity index (χ3v) is 0. The molecule has 0 aliphatic carbocycles. The standard InChI is InChI=1S/6K.Mn.4S/q6*+1;+2;4*-2. The molecule has 0 fully saturated rings. The van der Waals surface area contributed by atoms with Gasteiger partial charge in [-0.15, -0.1) is 0 Å². The second-order valence-corrected chi connectivity index (χ2v) is 0. The summed E-state index contributed by atoms with van der Waals surface area (Å²) in [6, 6.07) is 0. The van der Waals surface area contributed by atoms with Gasteiger partial charge in [0.1, 0.15) is 0 Å². The zero-order valence-electron chi connectivity index (χ0n) is 8.01. The average molecular weight is 418 g/mol. The Morgan fingerprint density at radius 3 is 0.273 bits per heavy atom. The molecule has 0 atom stereocenters. The van der Waals surface area contributed by atoms with E-state index in [4.69, 9.17) is 0 Å². The molecule has 37 valence electrons. The van der Waals surface area contributed by atoms with Crippen molar-refractivity contribution in [3.8, 4) is 0 Å². The maximum atomic E-state index is 0. The van der Waals surface area contributed by atoms with Gasteiger partial charge < -0.3 is 54.0 Å². The van der Waals surface area contributed by atoms with Gasteiger partial charge in [0.2, 0.25) is 0 Å². The molecule has 0 heterocycles. The second kappa shape index (κ2) is 67.9. The molecular formula is K6MnS4. The van der Waals surface area contributed by atoms with Crippen LogP contribution in [0, 0.1) is 0 Å². The number of rotatable bonds is 0. The molecule has 0 nitrogen and oxygen atoms in total.